The van der Waals surface area contributed by atoms with E-state index in [2.05, 4.69) is 0 Å². The Kier molecular flexibility index (Phi) is 4.89. The second-order valence-electron chi connectivity index (χ2n) is 5.12. The molecule has 3 heteroatoms. The van der Waals surface area contributed by atoms with Gasteiger partial charge in [0.05, 0.1) is 5.56 Å². The van der Waals surface area contributed by atoms with Crippen molar-refractivity contribution in [3.63, 3.8) is 0 Å². The number of rotatable bonds is 5. The van der Waals surface area contributed by atoms with Gasteiger partial charge in [0, 0.05) is 12.0 Å². The van der Waals surface area contributed by atoms with Crippen molar-refractivity contribution in [3.8, 4) is 5.75 Å². The molecule has 0 aliphatic rings. The van der Waals surface area contributed by atoms with E-state index in [1.165, 1.54) is 24.3 Å². The largest absolute Gasteiger partial charge is 0.507 e. The summed E-state index contributed by atoms with van der Waals surface area (Å²) < 4.78 is 0. The van der Waals surface area contributed by atoms with Gasteiger partial charge < -0.3 is 5.11 Å². The minimum atomic E-state index is -0.203. The third kappa shape index (κ3) is 3.70. The highest BCUT2D eigenvalue weighted by Gasteiger charge is 2.12. The molecule has 1 N–H and O–H groups in total. The fourth-order valence-electron chi connectivity index (χ4n) is 2.05. The molecule has 0 unspecified atom stereocenters. The number of hydrogen-bond acceptors (Lipinski definition) is 3. The van der Waals surface area contributed by atoms with Crippen LogP contribution in [0, 0.1) is 6.92 Å². The van der Waals surface area contributed by atoms with Crippen LogP contribution in [0.3, 0.4) is 0 Å². The van der Waals surface area contributed by atoms with Gasteiger partial charge in [0.25, 0.3) is 0 Å². The van der Waals surface area contributed by atoms with Crippen LogP contribution < -0.4 is 0 Å². The van der Waals surface area contributed by atoms with Gasteiger partial charge in [0.2, 0.25) is 0 Å². The molecular formula is C19H18O3. The van der Waals surface area contributed by atoms with Gasteiger partial charge in [0.1, 0.15) is 5.75 Å². The van der Waals surface area contributed by atoms with E-state index in [-0.39, 0.29) is 29.3 Å². The van der Waals surface area contributed by atoms with Crippen LogP contribution in [0.2, 0.25) is 0 Å². The van der Waals surface area contributed by atoms with Gasteiger partial charge >= 0.3 is 0 Å². The summed E-state index contributed by atoms with van der Waals surface area (Å²) in [4.78, 5) is 23.9. The molecule has 0 bridgehead atoms. The maximum absolute atomic E-state index is 12.2. The number of benzene rings is 2. The predicted octanol–water partition coefficient (Wildman–Crippen LogP) is 4.19. The van der Waals surface area contributed by atoms with Crippen LogP contribution in [0.1, 0.15) is 45.2 Å². The average molecular weight is 294 g/mol. The van der Waals surface area contributed by atoms with Gasteiger partial charge in [-0.05, 0) is 36.8 Å². The first-order chi connectivity index (χ1) is 10.5. The molecular weight excluding hydrogens is 276 g/mol. The van der Waals surface area contributed by atoms with E-state index in [1.54, 1.807) is 13.0 Å². The van der Waals surface area contributed by atoms with Crippen molar-refractivity contribution >= 4 is 17.6 Å². The van der Waals surface area contributed by atoms with Crippen molar-refractivity contribution in [1.29, 1.82) is 0 Å². The first-order valence-corrected chi connectivity index (χ1v) is 7.16. The molecule has 22 heavy (non-hydrogen) atoms. The molecule has 3 nitrogen and oxygen atoms in total. The second kappa shape index (κ2) is 6.85. The first-order valence-electron chi connectivity index (χ1n) is 7.16. The minimum Gasteiger partial charge on any atom is -0.507 e. The molecule has 2 aromatic carbocycles. The van der Waals surface area contributed by atoms with E-state index in [0.29, 0.717) is 5.56 Å². The van der Waals surface area contributed by atoms with Gasteiger partial charge in [0.15, 0.2) is 11.6 Å². The standard InChI is InChI=1S/C19H18O3/c1-3-17(20)16-12-15(9-11-19(16)22)18(21)10-8-14-6-4-13(2)5-7-14/h4-12,22H,3H2,1-2H3/b10-8+. The summed E-state index contributed by atoms with van der Waals surface area (Å²) in [6.45, 7) is 3.72. The summed E-state index contributed by atoms with van der Waals surface area (Å²) in [5.41, 5.74) is 2.67. The van der Waals surface area contributed by atoms with Crippen molar-refractivity contribution < 1.29 is 14.7 Å². The molecule has 2 rings (SSSR count). The first kappa shape index (κ1) is 15.7. The lowest BCUT2D eigenvalue weighted by Crippen LogP contribution is -2.01. The summed E-state index contributed by atoms with van der Waals surface area (Å²) in [5.74, 6) is -0.480. The number of allylic oxidation sites excluding steroid dienone is 1. The smallest absolute Gasteiger partial charge is 0.185 e. The number of phenols is 1. The number of aryl methyl sites for hydroxylation is 1. The number of carbonyl (C=O) groups is 2. The summed E-state index contributed by atoms with van der Waals surface area (Å²) in [6.07, 6.45) is 3.48. The Morgan fingerprint density at radius 3 is 2.41 bits per heavy atom. The highest BCUT2D eigenvalue weighted by Crippen LogP contribution is 2.21. The predicted molar refractivity (Wildman–Crippen MR) is 87.3 cm³/mol. The molecule has 0 aliphatic carbocycles. The van der Waals surface area contributed by atoms with Gasteiger partial charge in [-0.3, -0.25) is 9.59 Å². The Labute approximate surface area is 129 Å². The maximum Gasteiger partial charge on any atom is 0.185 e. The number of ketones is 2. The Morgan fingerprint density at radius 1 is 1.09 bits per heavy atom. The molecule has 112 valence electrons. The zero-order chi connectivity index (χ0) is 16.1. The third-order valence-corrected chi connectivity index (χ3v) is 3.41. The topological polar surface area (TPSA) is 54.4 Å². The van der Waals surface area contributed by atoms with Crippen molar-refractivity contribution in [1.82, 2.24) is 0 Å². The van der Waals surface area contributed by atoms with Gasteiger partial charge in [-0.2, -0.15) is 0 Å². The minimum absolute atomic E-state index is 0.0917. The Balaban J connectivity index is 2.22. The van der Waals surface area contributed by atoms with Gasteiger partial charge in [-0.25, -0.2) is 0 Å². The molecule has 0 atom stereocenters. The molecule has 0 aliphatic heterocycles. The summed E-state index contributed by atoms with van der Waals surface area (Å²) in [5, 5.41) is 9.70. The Hall–Kier alpha value is -2.68. The fourth-order valence-corrected chi connectivity index (χ4v) is 2.05. The fraction of sp³-hybridized carbons (Fsp3) is 0.158. The molecule has 0 radical (unpaired) electrons. The van der Waals surface area contributed by atoms with E-state index in [4.69, 9.17) is 0 Å². The van der Waals surface area contributed by atoms with Crippen LogP contribution in [0.4, 0.5) is 0 Å². The SMILES string of the molecule is CCC(=O)c1cc(C(=O)/C=C/c2ccc(C)cc2)ccc1O. The van der Waals surface area contributed by atoms with Crippen molar-refractivity contribution in [2.75, 3.05) is 0 Å². The summed E-state index contributed by atoms with van der Waals surface area (Å²) in [7, 11) is 0. The van der Waals surface area contributed by atoms with Gasteiger partial charge in [-0.1, -0.05) is 42.8 Å². The highest BCUT2D eigenvalue weighted by atomic mass is 16.3. The lowest BCUT2D eigenvalue weighted by molar-refractivity contribution is 0.0985. The normalized spacial score (nSPS) is 10.8. The van der Waals surface area contributed by atoms with Crippen LogP contribution in [-0.2, 0) is 0 Å². The summed E-state index contributed by atoms with van der Waals surface area (Å²) >= 11 is 0. The van der Waals surface area contributed by atoms with Crippen LogP contribution >= 0.6 is 0 Å². The molecule has 0 aromatic heterocycles. The number of aromatic hydroxyl groups is 1. The third-order valence-electron chi connectivity index (χ3n) is 3.41. The van der Waals surface area contributed by atoms with Crippen LogP contribution in [0.5, 0.6) is 5.75 Å². The van der Waals surface area contributed by atoms with Crippen LogP contribution in [-0.4, -0.2) is 16.7 Å². The molecule has 0 fully saturated rings. The van der Waals surface area contributed by atoms with Crippen LogP contribution in [0.25, 0.3) is 6.08 Å². The molecule has 0 heterocycles. The average Bonchev–Trinajstić information content (AvgIpc) is 2.53. The van der Waals surface area contributed by atoms with Crippen molar-refractivity contribution in [2.45, 2.75) is 20.3 Å². The molecule has 0 spiro atoms. The number of Topliss-reactive ketones (excluding diaryl/α,β-unsaturated/α-hetero) is 1. The quantitative estimate of drug-likeness (QED) is 0.664. The van der Waals surface area contributed by atoms with E-state index in [9.17, 15) is 14.7 Å². The van der Waals surface area contributed by atoms with Gasteiger partial charge in [-0.15, -0.1) is 0 Å². The monoisotopic (exact) mass is 294 g/mol. The molecule has 0 saturated carbocycles. The molecule has 2 aromatic rings. The molecule has 0 amide bonds. The van der Waals surface area contributed by atoms with E-state index in [1.807, 2.05) is 31.2 Å². The number of hydrogen-bond donors (Lipinski definition) is 1. The van der Waals surface area contributed by atoms with Crippen molar-refractivity contribution in [2.24, 2.45) is 0 Å². The van der Waals surface area contributed by atoms with E-state index in [0.717, 1.165) is 11.1 Å². The lowest BCUT2D eigenvalue weighted by Gasteiger charge is -2.04. The molecule has 0 saturated heterocycles. The lowest BCUT2D eigenvalue weighted by atomic mass is 10.0. The number of carbonyl (C=O) groups excluding carboxylic acids is 2. The number of phenolic OH excluding ortho intramolecular Hbond substituents is 1. The second-order valence-corrected chi connectivity index (χ2v) is 5.12. The Morgan fingerprint density at radius 2 is 1.77 bits per heavy atom. The maximum atomic E-state index is 12.2. The van der Waals surface area contributed by atoms with Crippen LogP contribution in [0.15, 0.2) is 48.5 Å². The summed E-state index contributed by atoms with van der Waals surface area (Å²) in [6, 6.07) is 12.2. The zero-order valence-corrected chi connectivity index (χ0v) is 12.7. The highest BCUT2D eigenvalue weighted by molar-refractivity contribution is 6.09. The van der Waals surface area contributed by atoms with E-state index >= 15 is 0 Å². The van der Waals surface area contributed by atoms with Crippen molar-refractivity contribution in [3.05, 3.63) is 70.8 Å². The Bertz CT molecular complexity index is 725. The van der Waals surface area contributed by atoms with E-state index < -0.39 is 0 Å². The zero-order valence-electron chi connectivity index (χ0n) is 12.7.